The Morgan fingerprint density at radius 2 is 1.97 bits per heavy atom. The van der Waals surface area contributed by atoms with Crippen molar-refractivity contribution in [3.8, 4) is 5.75 Å². The molecule has 1 amide bonds. The number of nitrogens with one attached hydrogen (secondary N) is 1. The lowest BCUT2D eigenvalue weighted by Crippen LogP contribution is -2.50. The van der Waals surface area contributed by atoms with Crippen LogP contribution in [0.25, 0.3) is 0 Å². The second-order valence-corrected chi connectivity index (χ2v) is 12.7. The highest BCUT2D eigenvalue weighted by Crippen LogP contribution is 2.32. The molecule has 2 heterocycles. The van der Waals surface area contributed by atoms with E-state index < -0.39 is 16.1 Å². The van der Waals surface area contributed by atoms with Crippen LogP contribution in [0, 0.1) is 11.8 Å². The van der Waals surface area contributed by atoms with Crippen molar-refractivity contribution in [1.29, 1.82) is 0 Å². The summed E-state index contributed by atoms with van der Waals surface area (Å²) < 4.78 is 36.2. The van der Waals surface area contributed by atoms with Crippen molar-refractivity contribution in [3.63, 3.8) is 0 Å². The Kier molecular flexibility index (Phi) is 9.00. The van der Waals surface area contributed by atoms with Gasteiger partial charge in [-0.15, -0.1) is 0 Å². The number of imidazole rings is 1. The fraction of sp³-hybridized carbons (Fsp3) is 0.630. The van der Waals surface area contributed by atoms with E-state index in [0.29, 0.717) is 24.8 Å². The summed E-state index contributed by atoms with van der Waals surface area (Å²) in [5.41, 5.74) is 0.501. The molecule has 2 aliphatic rings. The number of aryl methyl sites for hydroxylation is 1. The number of hydrogen-bond acceptors (Lipinski definition) is 7. The van der Waals surface area contributed by atoms with E-state index in [1.54, 1.807) is 28.6 Å². The van der Waals surface area contributed by atoms with E-state index in [4.69, 9.17) is 4.74 Å². The smallest absolute Gasteiger partial charge is 0.280 e. The van der Waals surface area contributed by atoms with Gasteiger partial charge in [0.05, 0.1) is 24.5 Å². The Balaban J connectivity index is 1.60. The SMILES string of the molecule is C[C@H]1CN([C@@H](C)CO)C(=O)c2cc(NS(=O)(=O)c3cn(C)cn3)ccc2O[C@H]1CN(C)CC1CCCCC1. The van der Waals surface area contributed by atoms with Crippen molar-refractivity contribution in [2.75, 3.05) is 38.0 Å². The summed E-state index contributed by atoms with van der Waals surface area (Å²) in [6, 6.07) is 4.36. The molecule has 1 saturated carbocycles. The lowest BCUT2D eigenvalue weighted by Gasteiger charge is -2.38. The standard InChI is InChI=1S/C27H41N5O5S/c1-19-13-32(20(2)17-33)27(34)23-12-22(29-38(35,36)26-16-31(4)18-28-26)10-11-24(23)37-25(19)15-30(3)14-21-8-6-5-7-9-21/h10-12,16,18-21,25,29,33H,5-9,13-15,17H2,1-4H3/t19-,20-,25-/m0/s1. The molecule has 3 atom stereocenters. The minimum Gasteiger partial charge on any atom is -0.488 e. The van der Waals surface area contributed by atoms with Crippen LogP contribution < -0.4 is 9.46 Å². The molecule has 0 unspecified atom stereocenters. The normalized spacial score (nSPS) is 21.9. The third-order valence-corrected chi connectivity index (χ3v) is 8.93. The number of sulfonamides is 1. The third-order valence-electron chi connectivity index (χ3n) is 7.66. The summed E-state index contributed by atoms with van der Waals surface area (Å²) in [4.78, 5) is 21.6. The van der Waals surface area contributed by atoms with E-state index in [1.807, 2.05) is 6.92 Å². The molecular weight excluding hydrogens is 506 g/mol. The highest BCUT2D eigenvalue weighted by molar-refractivity contribution is 7.92. The summed E-state index contributed by atoms with van der Waals surface area (Å²) in [5, 5.41) is 9.78. The lowest BCUT2D eigenvalue weighted by molar-refractivity contribution is 0.0330. The summed E-state index contributed by atoms with van der Waals surface area (Å²) in [5.74, 6) is 0.833. The van der Waals surface area contributed by atoms with Crippen LogP contribution in [0.3, 0.4) is 0 Å². The van der Waals surface area contributed by atoms with Gasteiger partial charge in [-0.25, -0.2) is 4.98 Å². The zero-order valence-electron chi connectivity index (χ0n) is 22.8. The molecule has 1 aliphatic carbocycles. The van der Waals surface area contributed by atoms with Gasteiger partial charge in [0.2, 0.25) is 0 Å². The average Bonchev–Trinajstić information content (AvgIpc) is 3.34. The number of likely N-dealkylation sites (N-methyl/N-ethyl adjacent to an activating group) is 1. The fourth-order valence-corrected chi connectivity index (χ4v) is 6.46. The monoisotopic (exact) mass is 547 g/mol. The zero-order chi connectivity index (χ0) is 27.4. The molecule has 1 aromatic heterocycles. The predicted octanol–water partition coefficient (Wildman–Crippen LogP) is 2.95. The number of carbonyl (C=O) groups excluding carboxylic acids is 1. The van der Waals surface area contributed by atoms with E-state index in [9.17, 15) is 18.3 Å². The molecule has 1 aliphatic heterocycles. The first-order chi connectivity index (χ1) is 18.1. The molecule has 2 aromatic rings. The number of amides is 1. The predicted molar refractivity (Wildman–Crippen MR) is 146 cm³/mol. The summed E-state index contributed by atoms with van der Waals surface area (Å²) in [6.45, 7) is 5.86. The zero-order valence-corrected chi connectivity index (χ0v) is 23.7. The van der Waals surface area contributed by atoms with Gasteiger partial charge in [0.15, 0.2) is 5.03 Å². The van der Waals surface area contributed by atoms with Crippen LogP contribution in [0.4, 0.5) is 5.69 Å². The van der Waals surface area contributed by atoms with Gasteiger partial charge in [-0.2, -0.15) is 8.42 Å². The van der Waals surface area contributed by atoms with E-state index in [2.05, 4.69) is 28.6 Å². The number of aliphatic hydroxyl groups excluding tert-OH is 1. The number of anilines is 1. The minimum atomic E-state index is -3.93. The number of aromatic nitrogens is 2. The number of ether oxygens (including phenoxy) is 1. The van der Waals surface area contributed by atoms with Crippen molar-refractivity contribution in [3.05, 3.63) is 36.3 Å². The van der Waals surface area contributed by atoms with Gasteiger partial charge >= 0.3 is 0 Å². The van der Waals surface area contributed by atoms with Crippen LogP contribution in [0.2, 0.25) is 0 Å². The van der Waals surface area contributed by atoms with Crippen LogP contribution in [-0.2, 0) is 17.1 Å². The topological polar surface area (TPSA) is 117 Å². The van der Waals surface area contributed by atoms with Gasteiger partial charge in [0.25, 0.3) is 15.9 Å². The quantitative estimate of drug-likeness (QED) is 0.496. The summed E-state index contributed by atoms with van der Waals surface area (Å²) in [7, 11) is -0.118. The van der Waals surface area contributed by atoms with Crippen molar-refractivity contribution in [1.82, 2.24) is 19.4 Å². The number of fused-ring (bicyclic) bond motifs is 1. The number of aliphatic hydroxyl groups is 1. The first-order valence-corrected chi connectivity index (χ1v) is 15.0. The van der Waals surface area contributed by atoms with Gasteiger partial charge in [-0.3, -0.25) is 9.52 Å². The third kappa shape index (κ3) is 6.68. The number of rotatable bonds is 9. The number of carbonyl (C=O) groups is 1. The van der Waals surface area contributed by atoms with Crippen molar-refractivity contribution < 1.29 is 23.1 Å². The first kappa shape index (κ1) is 28.4. The molecule has 0 bridgehead atoms. The van der Waals surface area contributed by atoms with Crippen LogP contribution in [0.5, 0.6) is 5.75 Å². The molecule has 0 saturated heterocycles. The Morgan fingerprint density at radius 1 is 1.24 bits per heavy atom. The number of nitrogens with zero attached hydrogens (tertiary/aromatic N) is 4. The Bertz CT molecular complexity index is 1210. The number of benzene rings is 1. The average molecular weight is 548 g/mol. The lowest BCUT2D eigenvalue weighted by atomic mass is 9.89. The molecule has 11 heteroatoms. The molecule has 0 radical (unpaired) electrons. The first-order valence-electron chi connectivity index (χ1n) is 13.5. The summed E-state index contributed by atoms with van der Waals surface area (Å²) >= 11 is 0. The van der Waals surface area contributed by atoms with Gasteiger partial charge in [-0.1, -0.05) is 26.2 Å². The molecular formula is C27H41N5O5S. The maximum atomic E-state index is 13.6. The Hall–Kier alpha value is -2.63. The molecule has 38 heavy (non-hydrogen) atoms. The Morgan fingerprint density at radius 3 is 2.63 bits per heavy atom. The molecule has 1 aromatic carbocycles. The van der Waals surface area contributed by atoms with Crippen molar-refractivity contribution in [2.45, 2.75) is 63.1 Å². The van der Waals surface area contributed by atoms with Crippen LogP contribution in [-0.4, -0.2) is 84.2 Å². The second kappa shape index (κ2) is 12.0. The molecule has 210 valence electrons. The maximum Gasteiger partial charge on any atom is 0.280 e. The molecule has 10 nitrogen and oxygen atoms in total. The van der Waals surface area contributed by atoms with Crippen molar-refractivity contribution in [2.24, 2.45) is 18.9 Å². The fourth-order valence-electron chi connectivity index (χ4n) is 5.43. The van der Waals surface area contributed by atoms with Crippen LogP contribution >= 0.6 is 0 Å². The molecule has 1 fully saturated rings. The Labute approximate surface area is 226 Å². The second-order valence-electron chi connectivity index (χ2n) is 11.0. The maximum absolute atomic E-state index is 13.6. The summed E-state index contributed by atoms with van der Waals surface area (Å²) in [6.07, 6.45) is 9.09. The minimum absolute atomic E-state index is 0.0252. The van der Waals surface area contributed by atoms with Crippen LogP contribution in [0.1, 0.15) is 56.3 Å². The largest absolute Gasteiger partial charge is 0.488 e. The van der Waals surface area contributed by atoms with Gasteiger partial charge < -0.3 is 24.2 Å². The molecule has 0 spiro atoms. The van der Waals surface area contributed by atoms with Gasteiger partial charge in [0, 0.05) is 44.5 Å². The molecule has 2 N–H and O–H groups in total. The van der Waals surface area contributed by atoms with Crippen LogP contribution in [0.15, 0.2) is 35.7 Å². The van der Waals surface area contributed by atoms with E-state index in [1.165, 1.54) is 50.7 Å². The van der Waals surface area contributed by atoms with Gasteiger partial charge in [-0.05, 0) is 50.9 Å². The number of hydrogen-bond donors (Lipinski definition) is 2. The van der Waals surface area contributed by atoms with E-state index >= 15 is 0 Å². The highest BCUT2D eigenvalue weighted by Gasteiger charge is 2.34. The van der Waals surface area contributed by atoms with Crippen molar-refractivity contribution >= 4 is 21.6 Å². The van der Waals surface area contributed by atoms with Gasteiger partial charge in [0.1, 0.15) is 11.9 Å². The van der Waals surface area contributed by atoms with E-state index in [0.717, 1.165) is 6.54 Å². The molecule has 4 rings (SSSR count). The van der Waals surface area contributed by atoms with E-state index in [-0.39, 0.29) is 40.8 Å². The highest BCUT2D eigenvalue weighted by atomic mass is 32.2.